The second kappa shape index (κ2) is 9.90. The van der Waals surface area contributed by atoms with Crippen LogP contribution in [0, 0.1) is 12.8 Å². The zero-order valence-electron chi connectivity index (χ0n) is 19.2. The van der Waals surface area contributed by atoms with Gasteiger partial charge in [-0.25, -0.2) is 15.0 Å². The number of rotatable bonds is 6. The van der Waals surface area contributed by atoms with Crippen LogP contribution in [0.15, 0.2) is 36.7 Å². The minimum Gasteiger partial charge on any atom is -0.481 e. The molecule has 35 heavy (non-hydrogen) atoms. The molecule has 0 radical (unpaired) electrons. The maximum absolute atomic E-state index is 13.0. The fourth-order valence-electron chi connectivity index (χ4n) is 4.38. The van der Waals surface area contributed by atoms with Gasteiger partial charge < -0.3 is 15.2 Å². The SMILES string of the molecule is CO[C@]1(c2ncc(-c3cc(C)cc(Nc4nccc(C(F)(F)F)n4)c3)s2)CCC[C@H](C(=O)O)CC1. The van der Waals surface area contributed by atoms with Crippen LogP contribution in [-0.2, 0) is 21.3 Å². The van der Waals surface area contributed by atoms with Crippen molar-refractivity contribution in [2.45, 2.75) is 50.8 Å². The van der Waals surface area contributed by atoms with E-state index >= 15 is 0 Å². The Balaban J connectivity index is 1.59. The molecular weight excluding hydrogens is 481 g/mol. The Hall–Kier alpha value is -3.05. The highest BCUT2D eigenvalue weighted by Gasteiger charge is 2.39. The third kappa shape index (κ3) is 5.62. The zero-order valence-corrected chi connectivity index (χ0v) is 20.0. The van der Waals surface area contributed by atoms with Crippen LogP contribution in [0.3, 0.4) is 0 Å². The molecule has 1 aliphatic carbocycles. The number of nitrogens with zero attached hydrogens (tertiary/aromatic N) is 3. The number of anilines is 2. The van der Waals surface area contributed by atoms with Gasteiger partial charge in [-0.3, -0.25) is 4.79 Å². The second-order valence-electron chi connectivity index (χ2n) is 8.67. The molecule has 3 aromatic rings. The number of aryl methyl sites for hydroxylation is 1. The van der Waals surface area contributed by atoms with Crippen LogP contribution in [-0.4, -0.2) is 33.1 Å². The molecule has 2 heterocycles. The van der Waals surface area contributed by atoms with Crippen LogP contribution in [0.2, 0.25) is 0 Å². The minimum absolute atomic E-state index is 0.147. The maximum atomic E-state index is 13.0. The summed E-state index contributed by atoms with van der Waals surface area (Å²) in [6.45, 7) is 1.89. The Bertz CT molecular complexity index is 1220. The zero-order chi connectivity index (χ0) is 25.2. The van der Waals surface area contributed by atoms with Gasteiger partial charge in [0.05, 0.1) is 10.8 Å². The Morgan fingerprint density at radius 1 is 1.23 bits per heavy atom. The Morgan fingerprint density at radius 2 is 2.03 bits per heavy atom. The van der Waals surface area contributed by atoms with Crippen molar-refractivity contribution in [2.24, 2.45) is 5.92 Å². The van der Waals surface area contributed by atoms with Gasteiger partial charge in [0.2, 0.25) is 5.95 Å². The number of carbonyl (C=O) groups is 1. The summed E-state index contributed by atoms with van der Waals surface area (Å²) in [6.07, 6.45) is 1.38. The number of aromatic nitrogens is 3. The summed E-state index contributed by atoms with van der Waals surface area (Å²) < 4.78 is 44.9. The van der Waals surface area contributed by atoms with Crippen molar-refractivity contribution in [3.05, 3.63) is 52.9 Å². The van der Waals surface area contributed by atoms with Gasteiger partial charge in [0.15, 0.2) is 0 Å². The summed E-state index contributed by atoms with van der Waals surface area (Å²) in [4.78, 5) is 24.4. The third-order valence-electron chi connectivity index (χ3n) is 6.23. The molecule has 2 atom stereocenters. The molecule has 1 aromatic carbocycles. The third-order valence-corrected chi connectivity index (χ3v) is 7.46. The van der Waals surface area contributed by atoms with E-state index in [1.54, 1.807) is 25.4 Å². The highest BCUT2D eigenvalue weighted by atomic mass is 32.1. The number of carboxylic acids is 1. The van der Waals surface area contributed by atoms with Crippen molar-refractivity contribution in [2.75, 3.05) is 12.4 Å². The van der Waals surface area contributed by atoms with Crippen molar-refractivity contribution in [1.82, 2.24) is 15.0 Å². The lowest BCUT2D eigenvalue weighted by Crippen LogP contribution is -2.28. The van der Waals surface area contributed by atoms with E-state index in [1.807, 2.05) is 13.0 Å². The lowest BCUT2D eigenvalue weighted by atomic mass is 9.94. The smallest absolute Gasteiger partial charge is 0.433 e. The van der Waals surface area contributed by atoms with Gasteiger partial charge in [-0.15, -0.1) is 11.3 Å². The highest BCUT2D eigenvalue weighted by Crippen LogP contribution is 2.44. The number of methoxy groups -OCH3 is 1. The summed E-state index contributed by atoms with van der Waals surface area (Å²) >= 11 is 1.47. The summed E-state index contributed by atoms with van der Waals surface area (Å²) in [5.41, 5.74) is 0.630. The molecule has 4 rings (SSSR count). The molecule has 1 fully saturated rings. The molecule has 11 heteroatoms. The molecule has 2 N–H and O–H groups in total. The maximum Gasteiger partial charge on any atom is 0.433 e. The number of benzene rings is 1. The predicted molar refractivity (Wildman–Crippen MR) is 126 cm³/mol. The van der Waals surface area contributed by atoms with Gasteiger partial charge in [0.25, 0.3) is 0 Å². The molecule has 0 aliphatic heterocycles. The Kier molecular flexibility index (Phi) is 7.09. The predicted octanol–water partition coefficient (Wildman–Crippen LogP) is 6.18. The molecule has 1 aliphatic rings. The first-order valence-corrected chi connectivity index (χ1v) is 11.9. The molecule has 0 unspecified atom stereocenters. The van der Waals surface area contributed by atoms with E-state index in [9.17, 15) is 23.1 Å². The van der Waals surface area contributed by atoms with Crippen molar-refractivity contribution in [1.29, 1.82) is 0 Å². The number of halogens is 3. The van der Waals surface area contributed by atoms with Gasteiger partial charge >= 0.3 is 12.1 Å². The number of alkyl halides is 3. The van der Waals surface area contributed by atoms with Crippen molar-refractivity contribution in [3.8, 4) is 10.4 Å². The first-order chi connectivity index (χ1) is 16.6. The van der Waals surface area contributed by atoms with Crippen molar-refractivity contribution >= 4 is 28.9 Å². The number of nitrogens with one attached hydrogen (secondary N) is 1. The quantitative estimate of drug-likeness (QED) is 0.386. The van der Waals surface area contributed by atoms with E-state index in [0.717, 1.165) is 39.7 Å². The van der Waals surface area contributed by atoms with E-state index in [2.05, 4.69) is 20.3 Å². The number of ether oxygens (including phenoxy) is 1. The molecule has 1 saturated carbocycles. The molecule has 0 bridgehead atoms. The van der Waals surface area contributed by atoms with E-state index in [1.165, 1.54) is 11.3 Å². The summed E-state index contributed by atoms with van der Waals surface area (Å²) in [5, 5.41) is 13.1. The van der Waals surface area contributed by atoms with Crippen LogP contribution in [0.25, 0.3) is 10.4 Å². The molecule has 0 amide bonds. The molecule has 7 nitrogen and oxygen atoms in total. The normalized spacial score (nSPS) is 20.9. The van der Waals surface area contributed by atoms with Crippen LogP contribution in [0.1, 0.15) is 48.4 Å². The monoisotopic (exact) mass is 506 g/mol. The van der Waals surface area contributed by atoms with Gasteiger partial charge in [-0.05, 0) is 68.4 Å². The number of carboxylic acid groups (broad SMARTS) is 1. The first kappa shape index (κ1) is 25.1. The first-order valence-electron chi connectivity index (χ1n) is 11.1. The lowest BCUT2D eigenvalue weighted by molar-refractivity contribution is -0.142. The fourth-order valence-corrected chi connectivity index (χ4v) is 5.51. The van der Waals surface area contributed by atoms with Gasteiger partial charge in [0.1, 0.15) is 16.3 Å². The topological polar surface area (TPSA) is 97.2 Å². The number of hydrogen-bond acceptors (Lipinski definition) is 7. The van der Waals surface area contributed by atoms with E-state index < -0.39 is 23.4 Å². The van der Waals surface area contributed by atoms with Gasteiger partial charge in [-0.1, -0.05) is 6.07 Å². The number of aliphatic carboxylic acids is 1. The lowest BCUT2D eigenvalue weighted by Gasteiger charge is -2.29. The Morgan fingerprint density at radius 3 is 2.74 bits per heavy atom. The van der Waals surface area contributed by atoms with E-state index in [-0.39, 0.29) is 11.9 Å². The number of thiazole rings is 1. The van der Waals surface area contributed by atoms with Crippen molar-refractivity contribution < 1.29 is 27.8 Å². The molecular formula is C24H25F3N4O3S. The summed E-state index contributed by atoms with van der Waals surface area (Å²) in [6, 6.07) is 6.38. The number of hydrogen-bond donors (Lipinski definition) is 2. The average molecular weight is 507 g/mol. The van der Waals surface area contributed by atoms with E-state index in [0.29, 0.717) is 31.4 Å². The molecule has 0 spiro atoms. The Labute approximate surface area is 204 Å². The van der Waals surface area contributed by atoms with E-state index in [4.69, 9.17) is 4.74 Å². The largest absolute Gasteiger partial charge is 0.481 e. The average Bonchev–Trinajstić information content (AvgIpc) is 3.19. The fraction of sp³-hybridized carbons (Fsp3) is 0.417. The molecule has 186 valence electrons. The standard InChI is InChI=1S/C24H25F3N4O3S/c1-14-10-16(12-17(11-14)30-22-28-9-6-19(31-22)24(25,26)27)18-13-29-21(35-18)23(34-2)7-3-4-15(5-8-23)20(32)33/h6,9-13,15H,3-5,7-8H2,1-2H3,(H,32,33)(H,28,30,31)/t15-,23+/m0/s1. The van der Waals surface area contributed by atoms with Crippen LogP contribution < -0.4 is 5.32 Å². The van der Waals surface area contributed by atoms with Crippen LogP contribution >= 0.6 is 11.3 Å². The second-order valence-corrected chi connectivity index (χ2v) is 9.70. The molecule has 2 aromatic heterocycles. The summed E-state index contributed by atoms with van der Waals surface area (Å²) in [7, 11) is 1.63. The summed E-state index contributed by atoms with van der Waals surface area (Å²) in [5.74, 6) is -1.30. The van der Waals surface area contributed by atoms with Gasteiger partial charge in [0, 0.05) is 25.2 Å². The van der Waals surface area contributed by atoms with Crippen molar-refractivity contribution in [3.63, 3.8) is 0 Å². The van der Waals surface area contributed by atoms with Crippen LogP contribution in [0.5, 0.6) is 0 Å². The minimum atomic E-state index is -4.56. The molecule has 0 saturated heterocycles. The van der Waals surface area contributed by atoms with Gasteiger partial charge in [-0.2, -0.15) is 13.2 Å². The van der Waals surface area contributed by atoms with Crippen LogP contribution in [0.4, 0.5) is 24.8 Å². The highest BCUT2D eigenvalue weighted by molar-refractivity contribution is 7.15.